The van der Waals surface area contributed by atoms with Gasteiger partial charge in [-0.1, -0.05) is 30.3 Å². The lowest BCUT2D eigenvalue weighted by Gasteiger charge is -2.10. The summed E-state index contributed by atoms with van der Waals surface area (Å²) in [7, 11) is 0. The van der Waals surface area contributed by atoms with Gasteiger partial charge in [0.15, 0.2) is 0 Å². The molecule has 3 nitrogen and oxygen atoms in total. The third kappa shape index (κ3) is 4.43. The summed E-state index contributed by atoms with van der Waals surface area (Å²) in [5.41, 5.74) is 1.06. The molecule has 0 aromatic heterocycles. The van der Waals surface area contributed by atoms with E-state index < -0.39 is 0 Å². The lowest BCUT2D eigenvalue weighted by molar-refractivity contribution is 0.149. The van der Waals surface area contributed by atoms with Gasteiger partial charge in [0.25, 0.3) is 0 Å². The van der Waals surface area contributed by atoms with Crippen LogP contribution in [0.25, 0.3) is 0 Å². The van der Waals surface area contributed by atoms with Crippen molar-refractivity contribution < 1.29 is 4.74 Å². The number of ether oxygens (including phenoxy) is 1. The standard InChI is InChI=1S/C13H18N2O/c1-2-16-9-8-15-11-13(10-14)12-6-4-3-5-7-12/h3-7,13,15H,2,8-9,11H2,1H3. The average Bonchev–Trinajstić information content (AvgIpc) is 2.35. The summed E-state index contributed by atoms with van der Waals surface area (Å²) in [6.45, 7) is 4.87. The molecular formula is C13H18N2O. The van der Waals surface area contributed by atoms with Crippen molar-refractivity contribution in [2.45, 2.75) is 12.8 Å². The van der Waals surface area contributed by atoms with Gasteiger partial charge < -0.3 is 10.1 Å². The molecule has 0 bridgehead atoms. The number of rotatable bonds is 7. The highest BCUT2D eigenvalue weighted by atomic mass is 16.5. The van der Waals surface area contributed by atoms with Crippen molar-refractivity contribution in [3.05, 3.63) is 35.9 Å². The van der Waals surface area contributed by atoms with Crippen LogP contribution in [0.15, 0.2) is 30.3 Å². The van der Waals surface area contributed by atoms with E-state index in [9.17, 15) is 0 Å². The first kappa shape index (κ1) is 12.7. The van der Waals surface area contributed by atoms with Gasteiger partial charge in [0, 0.05) is 19.7 Å². The summed E-state index contributed by atoms with van der Waals surface area (Å²) < 4.78 is 5.21. The zero-order valence-electron chi connectivity index (χ0n) is 9.65. The number of nitrogens with zero attached hydrogens (tertiary/aromatic N) is 1. The fraction of sp³-hybridized carbons (Fsp3) is 0.462. The Balaban J connectivity index is 2.31. The predicted octanol–water partition coefficient (Wildman–Crippen LogP) is 1.92. The minimum absolute atomic E-state index is 0.0807. The molecule has 0 aliphatic carbocycles. The van der Waals surface area contributed by atoms with Gasteiger partial charge in [0.05, 0.1) is 18.6 Å². The summed E-state index contributed by atoms with van der Waals surface area (Å²) in [5, 5.41) is 12.3. The second kappa shape index (κ2) is 7.86. The Kier molecular flexibility index (Phi) is 6.24. The Morgan fingerprint density at radius 3 is 2.75 bits per heavy atom. The Morgan fingerprint density at radius 1 is 1.38 bits per heavy atom. The molecule has 0 aliphatic heterocycles. The van der Waals surface area contributed by atoms with Crippen molar-refractivity contribution in [3.63, 3.8) is 0 Å². The maximum absolute atomic E-state index is 9.06. The second-order valence-corrected chi connectivity index (χ2v) is 3.49. The Hall–Kier alpha value is -1.37. The van der Waals surface area contributed by atoms with E-state index in [1.165, 1.54) is 0 Å². The fourth-order valence-corrected chi connectivity index (χ4v) is 1.46. The number of nitrogens with one attached hydrogen (secondary N) is 1. The molecule has 0 saturated heterocycles. The van der Waals surface area contributed by atoms with Crippen LogP contribution in [-0.2, 0) is 4.74 Å². The highest BCUT2D eigenvalue weighted by Gasteiger charge is 2.08. The molecule has 1 N–H and O–H groups in total. The van der Waals surface area contributed by atoms with E-state index in [2.05, 4.69) is 11.4 Å². The van der Waals surface area contributed by atoms with E-state index in [0.717, 1.165) is 18.7 Å². The van der Waals surface area contributed by atoms with Gasteiger partial charge in [-0.25, -0.2) is 0 Å². The van der Waals surface area contributed by atoms with Gasteiger partial charge >= 0.3 is 0 Å². The zero-order valence-corrected chi connectivity index (χ0v) is 9.65. The maximum Gasteiger partial charge on any atom is 0.0837 e. The quantitative estimate of drug-likeness (QED) is 0.711. The minimum Gasteiger partial charge on any atom is -0.380 e. The smallest absolute Gasteiger partial charge is 0.0837 e. The molecule has 1 rings (SSSR count). The van der Waals surface area contributed by atoms with Crippen molar-refractivity contribution >= 4 is 0 Å². The topological polar surface area (TPSA) is 45.0 Å². The van der Waals surface area contributed by atoms with Gasteiger partial charge in [0.1, 0.15) is 0 Å². The summed E-state index contributed by atoms with van der Waals surface area (Å²) in [5.74, 6) is -0.0807. The van der Waals surface area contributed by atoms with E-state index in [1.807, 2.05) is 37.3 Å². The highest BCUT2D eigenvalue weighted by Crippen LogP contribution is 2.12. The third-order valence-corrected chi connectivity index (χ3v) is 2.33. The molecule has 3 heteroatoms. The molecule has 0 fully saturated rings. The summed E-state index contributed by atoms with van der Waals surface area (Å²) in [4.78, 5) is 0. The predicted molar refractivity (Wildman–Crippen MR) is 64.2 cm³/mol. The van der Waals surface area contributed by atoms with E-state index in [1.54, 1.807) is 0 Å². The van der Waals surface area contributed by atoms with Gasteiger partial charge in [-0.15, -0.1) is 0 Å². The van der Waals surface area contributed by atoms with Crippen LogP contribution < -0.4 is 5.32 Å². The minimum atomic E-state index is -0.0807. The highest BCUT2D eigenvalue weighted by molar-refractivity contribution is 5.24. The lowest BCUT2D eigenvalue weighted by Crippen LogP contribution is -2.24. The molecule has 1 atom stereocenters. The molecule has 0 saturated carbocycles. The normalized spacial score (nSPS) is 12.0. The lowest BCUT2D eigenvalue weighted by atomic mass is 10.0. The summed E-state index contributed by atoms with van der Waals surface area (Å²) in [6, 6.07) is 12.1. The molecular weight excluding hydrogens is 200 g/mol. The van der Waals surface area contributed by atoms with E-state index in [-0.39, 0.29) is 5.92 Å². The van der Waals surface area contributed by atoms with E-state index >= 15 is 0 Å². The van der Waals surface area contributed by atoms with Crippen LogP contribution in [0.3, 0.4) is 0 Å². The van der Waals surface area contributed by atoms with Gasteiger partial charge in [0.2, 0.25) is 0 Å². The molecule has 86 valence electrons. The number of nitriles is 1. The van der Waals surface area contributed by atoms with Crippen molar-refractivity contribution in [1.29, 1.82) is 5.26 Å². The van der Waals surface area contributed by atoms with Crippen LogP contribution in [-0.4, -0.2) is 26.3 Å². The van der Waals surface area contributed by atoms with Gasteiger partial charge in [-0.05, 0) is 12.5 Å². The molecule has 0 aliphatic rings. The van der Waals surface area contributed by atoms with Crippen molar-refractivity contribution in [1.82, 2.24) is 5.32 Å². The first-order chi connectivity index (χ1) is 7.88. The van der Waals surface area contributed by atoms with E-state index in [0.29, 0.717) is 13.2 Å². The number of benzene rings is 1. The van der Waals surface area contributed by atoms with Crippen LogP contribution in [0, 0.1) is 11.3 Å². The first-order valence-electron chi connectivity index (χ1n) is 5.61. The van der Waals surface area contributed by atoms with Crippen LogP contribution >= 0.6 is 0 Å². The Bertz CT molecular complexity index is 318. The monoisotopic (exact) mass is 218 g/mol. The molecule has 1 unspecified atom stereocenters. The summed E-state index contributed by atoms with van der Waals surface area (Å²) in [6.07, 6.45) is 0. The number of hydrogen-bond donors (Lipinski definition) is 1. The SMILES string of the molecule is CCOCCNCC(C#N)c1ccccc1. The van der Waals surface area contributed by atoms with Gasteiger partial charge in [-0.3, -0.25) is 0 Å². The Morgan fingerprint density at radius 2 is 2.12 bits per heavy atom. The first-order valence-corrected chi connectivity index (χ1v) is 5.61. The Labute approximate surface area is 97.0 Å². The fourth-order valence-electron chi connectivity index (χ4n) is 1.46. The number of hydrogen-bond acceptors (Lipinski definition) is 3. The zero-order chi connectivity index (χ0) is 11.6. The van der Waals surface area contributed by atoms with Crippen molar-refractivity contribution in [2.75, 3.05) is 26.3 Å². The second-order valence-electron chi connectivity index (χ2n) is 3.49. The van der Waals surface area contributed by atoms with Crippen molar-refractivity contribution in [3.8, 4) is 6.07 Å². The maximum atomic E-state index is 9.06. The van der Waals surface area contributed by atoms with Crippen LogP contribution in [0.4, 0.5) is 0 Å². The molecule has 1 aromatic rings. The van der Waals surface area contributed by atoms with Crippen LogP contribution in [0.1, 0.15) is 18.4 Å². The molecule has 0 amide bonds. The van der Waals surface area contributed by atoms with Crippen LogP contribution in [0.2, 0.25) is 0 Å². The third-order valence-electron chi connectivity index (χ3n) is 2.33. The largest absolute Gasteiger partial charge is 0.380 e. The van der Waals surface area contributed by atoms with Gasteiger partial charge in [-0.2, -0.15) is 5.26 Å². The summed E-state index contributed by atoms with van der Waals surface area (Å²) >= 11 is 0. The van der Waals surface area contributed by atoms with E-state index in [4.69, 9.17) is 10.00 Å². The molecule has 16 heavy (non-hydrogen) atoms. The molecule has 1 aromatic carbocycles. The molecule has 0 spiro atoms. The molecule has 0 radical (unpaired) electrons. The van der Waals surface area contributed by atoms with Crippen LogP contribution in [0.5, 0.6) is 0 Å². The van der Waals surface area contributed by atoms with Crippen molar-refractivity contribution in [2.24, 2.45) is 0 Å². The molecule has 0 heterocycles. The average molecular weight is 218 g/mol.